The van der Waals surface area contributed by atoms with Crippen LogP contribution in [0.25, 0.3) is 0 Å². The Labute approximate surface area is 191 Å². The molecule has 1 aliphatic heterocycles. The van der Waals surface area contributed by atoms with Crippen LogP contribution >= 0.6 is 0 Å². The van der Waals surface area contributed by atoms with Gasteiger partial charge in [-0.1, -0.05) is 46.0 Å². The van der Waals surface area contributed by atoms with Crippen LogP contribution in [0.2, 0.25) is 0 Å². The zero-order chi connectivity index (χ0) is 22.9. The van der Waals surface area contributed by atoms with E-state index in [9.17, 15) is 14.4 Å². The first-order chi connectivity index (χ1) is 15.4. The highest BCUT2D eigenvalue weighted by atomic mass is 16.5. The summed E-state index contributed by atoms with van der Waals surface area (Å²) in [6, 6.07) is 0.0809. The van der Waals surface area contributed by atoms with Gasteiger partial charge in [-0.2, -0.15) is 0 Å². The fourth-order valence-corrected chi connectivity index (χ4v) is 4.52. The second-order valence-corrected chi connectivity index (χ2v) is 9.70. The van der Waals surface area contributed by atoms with Crippen LogP contribution in [0.4, 0.5) is 0 Å². The summed E-state index contributed by atoms with van der Waals surface area (Å²) < 4.78 is 7.51. The molecule has 178 valence electrons. The van der Waals surface area contributed by atoms with E-state index in [-0.39, 0.29) is 29.2 Å². The van der Waals surface area contributed by atoms with Gasteiger partial charge >= 0.3 is 0 Å². The lowest BCUT2D eigenvalue weighted by Crippen LogP contribution is -2.40. The first-order valence-electron chi connectivity index (χ1n) is 12.4. The van der Waals surface area contributed by atoms with Crippen molar-refractivity contribution in [2.24, 2.45) is 5.92 Å². The molecule has 32 heavy (non-hydrogen) atoms. The number of hydrogen-bond donors (Lipinski definition) is 2. The maximum Gasteiger partial charge on any atom is 0.256 e. The third-order valence-corrected chi connectivity index (χ3v) is 6.45. The van der Waals surface area contributed by atoms with Crippen LogP contribution in [-0.4, -0.2) is 41.7 Å². The standard InChI is InChI=1S/C25H39N3O4/c1-18(2)12-13-26-24(30)21-16-28(15-20-11-8-14-32-20)17-22(23(21)29)25(31)27-19-9-6-4-3-5-7-10-19/h16-20H,3-15H2,1-2H3,(H,26,30)(H,27,31). The van der Waals surface area contributed by atoms with E-state index in [1.165, 1.54) is 19.3 Å². The number of carbonyl (C=O) groups excluding carboxylic acids is 2. The molecule has 1 saturated heterocycles. The monoisotopic (exact) mass is 445 g/mol. The van der Waals surface area contributed by atoms with Gasteiger partial charge in [0.25, 0.3) is 11.8 Å². The molecule has 3 rings (SSSR count). The van der Waals surface area contributed by atoms with Crippen LogP contribution < -0.4 is 16.1 Å². The number of ether oxygens (including phenoxy) is 1. The predicted octanol–water partition coefficient (Wildman–Crippen LogP) is 3.65. The number of hydrogen-bond acceptors (Lipinski definition) is 4. The quantitative estimate of drug-likeness (QED) is 0.639. The van der Waals surface area contributed by atoms with Gasteiger partial charge in [0.15, 0.2) is 0 Å². The Morgan fingerprint density at radius 1 is 1.00 bits per heavy atom. The van der Waals surface area contributed by atoms with E-state index in [1.54, 1.807) is 17.0 Å². The molecule has 2 amide bonds. The van der Waals surface area contributed by atoms with Crippen molar-refractivity contribution in [3.63, 3.8) is 0 Å². The number of nitrogens with zero attached hydrogens (tertiary/aromatic N) is 1. The number of aromatic nitrogens is 1. The minimum atomic E-state index is -0.501. The van der Waals surface area contributed by atoms with Crippen molar-refractivity contribution in [1.82, 2.24) is 15.2 Å². The van der Waals surface area contributed by atoms with Crippen LogP contribution in [-0.2, 0) is 11.3 Å². The van der Waals surface area contributed by atoms with E-state index >= 15 is 0 Å². The van der Waals surface area contributed by atoms with Crippen molar-refractivity contribution in [2.75, 3.05) is 13.2 Å². The van der Waals surface area contributed by atoms with E-state index in [4.69, 9.17) is 4.74 Å². The largest absolute Gasteiger partial charge is 0.376 e. The lowest BCUT2D eigenvalue weighted by molar-refractivity contribution is 0.0914. The summed E-state index contributed by atoms with van der Waals surface area (Å²) >= 11 is 0. The highest BCUT2D eigenvalue weighted by molar-refractivity contribution is 5.99. The second-order valence-electron chi connectivity index (χ2n) is 9.70. The number of carbonyl (C=O) groups is 2. The smallest absolute Gasteiger partial charge is 0.256 e. The van der Waals surface area contributed by atoms with E-state index in [1.807, 2.05) is 0 Å². The van der Waals surface area contributed by atoms with Gasteiger partial charge in [0.1, 0.15) is 11.1 Å². The average Bonchev–Trinajstić information content (AvgIpc) is 3.23. The van der Waals surface area contributed by atoms with E-state index < -0.39 is 11.3 Å². The fraction of sp³-hybridized carbons (Fsp3) is 0.720. The molecule has 0 spiro atoms. The Bertz CT molecular complexity index is 819. The van der Waals surface area contributed by atoms with Gasteiger partial charge in [-0.15, -0.1) is 0 Å². The molecule has 1 aromatic rings. The lowest BCUT2D eigenvalue weighted by Gasteiger charge is -2.21. The molecule has 7 nitrogen and oxygen atoms in total. The maximum absolute atomic E-state index is 13.1. The molecule has 2 fully saturated rings. The Morgan fingerprint density at radius 3 is 2.28 bits per heavy atom. The van der Waals surface area contributed by atoms with Gasteiger partial charge in [-0.3, -0.25) is 14.4 Å². The molecule has 1 unspecified atom stereocenters. The first kappa shape index (κ1) is 24.5. The molecule has 1 atom stereocenters. The molecule has 2 aliphatic rings. The maximum atomic E-state index is 13.1. The average molecular weight is 446 g/mol. The molecule has 0 radical (unpaired) electrons. The van der Waals surface area contributed by atoms with Crippen molar-refractivity contribution in [3.05, 3.63) is 33.7 Å². The summed E-state index contributed by atoms with van der Waals surface area (Å²) in [6.45, 7) is 5.92. The minimum absolute atomic E-state index is 0.0251. The van der Waals surface area contributed by atoms with Gasteiger partial charge in [0.2, 0.25) is 5.43 Å². The van der Waals surface area contributed by atoms with E-state index in [2.05, 4.69) is 24.5 Å². The highest BCUT2D eigenvalue weighted by Crippen LogP contribution is 2.18. The van der Waals surface area contributed by atoms with Crippen LogP contribution in [0.15, 0.2) is 17.2 Å². The van der Waals surface area contributed by atoms with Crippen molar-refractivity contribution >= 4 is 11.8 Å². The molecular formula is C25H39N3O4. The molecule has 0 bridgehead atoms. The molecule has 1 aliphatic carbocycles. The van der Waals surface area contributed by atoms with Crippen molar-refractivity contribution < 1.29 is 14.3 Å². The van der Waals surface area contributed by atoms with Crippen molar-refractivity contribution in [1.29, 1.82) is 0 Å². The van der Waals surface area contributed by atoms with Crippen LogP contribution in [0, 0.1) is 5.92 Å². The summed E-state index contributed by atoms with van der Waals surface area (Å²) in [5.74, 6) is -0.344. The summed E-state index contributed by atoms with van der Waals surface area (Å²) in [6.07, 6.45) is 13.6. The zero-order valence-electron chi connectivity index (χ0n) is 19.7. The van der Waals surface area contributed by atoms with Gasteiger partial charge in [-0.25, -0.2) is 0 Å². The first-order valence-corrected chi connectivity index (χ1v) is 12.4. The summed E-state index contributed by atoms with van der Waals surface area (Å²) in [5, 5.41) is 5.91. The van der Waals surface area contributed by atoms with E-state index in [0.717, 1.165) is 51.6 Å². The minimum Gasteiger partial charge on any atom is -0.376 e. The van der Waals surface area contributed by atoms with Crippen molar-refractivity contribution in [2.45, 2.75) is 96.7 Å². The fourth-order valence-electron chi connectivity index (χ4n) is 4.52. The Hall–Kier alpha value is -2.15. The Kier molecular flexibility index (Phi) is 9.33. The van der Waals surface area contributed by atoms with Crippen molar-refractivity contribution in [3.8, 4) is 0 Å². The third-order valence-electron chi connectivity index (χ3n) is 6.45. The zero-order valence-corrected chi connectivity index (χ0v) is 19.7. The predicted molar refractivity (Wildman–Crippen MR) is 125 cm³/mol. The molecule has 1 aromatic heterocycles. The normalized spacial score (nSPS) is 20.0. The molecule has 7 heteroatoms. The number of pyridine rings is 1. The second kappa shape index (κ2) is 12.2. The van der Waals surface area contributed by atoms with Gasteiger partial charge in [0.05, 0.1) is 6.10 Å². The molecular weight excluding hydrogens is 406 g/mol. The topological polar surface area (TPSA) is 89.4 Å². The molecule has 2 heterocycles. The van der Waals surface area contributed by atoms with Gasteiger partial charge in [-0.05, 0) is 38.0 Å². The van der Waals surface area contributed by atoms with Gasteiger partial charge in [0, 0.05) is 38.1 Å². The van der Waals surface area contributed by atoms with Crippen LogP contribution in [0.5, 0.6) is 0 Å². The molecule has 2 N–H and O–H groups in total. The molecule has 0 aromatic carbocycles. The number of rotatable bonds is 8. The molecule has 1 saturated carbocycles. The summed E-state index contributed by atoms with van der Waals surface area (Å²) in [7, 11) is 0. The van der Waals surface area contributed by atoms with Crippen LogP contribution in [0.3, 0.4) is 0 Å². The van der Waals surface area contributed by atoms with Crippen LogP contribution in [0.1, 0.15) is 98.8 Å². The van der Waals surface area contributed by atoms with Gasteiger partial charge < -0.3 is 19.9 Å². The SMILES string of the molecule is CC(C)CCNC(=O)c1cn(CC2CCCO2)cc(C(=O)NC2CCCCCCC2)c1=O. The summed E-state index contributed by atoms with van der Waals surface area (Å²) in [4.78, 5) is 39.0. The number of amides is 2. The third kappa shape index (κ3) is 7.19. The number of nitrogens with one attached hydrogen (secondary N) is 2. The summed E-state index contributed by atoms with van der Waals surface area (Å²) in [5.41, 5.74) is -0.433. The van der Waals surface area contributed by atoms with E-state index in [0.29, 0.717) is 19.0 Å². The highest BCUT2D eigenvalue weighted by Gasteiger charge is 2.23. The lowest BCUT2D eigenvalue weighted by atomic mass is 9.96. The Morgan fingerprint density at radius 2 is 1.66 bits per heavy atom. The Balaban J connectivity index is 1.80.